The van der Waals surface area contributed by atoms with E-state index in [0.717, 1.165) is 0 Å². The molecule has 0 unspecified atom stereocenters. The summed E-state index contributed by atoms with van der Waals surface area (Å²) in [5.74, 6) is 0. The van der Waals surface area contributed by atoms with Crippen molar-refractivity contribution in [3.8, 4) is 0 Å². The van der Waals surface area contributed by atoms with Crippen molar-refractivity contribution in [1.29, 1.82) is 0 Å². The van der Waals surface area contributed by atoms with E-state index >= 15 is 0 Å². The molecule has 0 fully saturated rings. The van der Waals surface area contributed by atoms with Gasteiger partial charge in [0, 0.05) is 0 Å². The first-order chi connectivity index (χ1) is 9.42. The van der Waals surface area contributed by atoms with Crippen LogP contribution in [-0.2, 0) is 0 Å². The van der Waals surface area contributed by atoms with Gasteiger partial charge in [0.25, 0.3) is 0 Å². The molecule has 1 heterocycles. The molecule has 1 heteroatoms. The molecule has 2 aromatic rings. The van der Waals surface area contributed by atoms with Crippen LogP contribution in [0.3, 0.4) is 0 Å². The van der Waals surface area contributed by atoms with Crippen LogP contribution in [0.25, 0.3) is 0 Å². The predicted molar refractivity (Wildman–Crippen MR) is 85.8 cm³/mol. The molecule has 0 nitrogen and oxygen atoms in total. The molecule has 2 aromatic carbocycles. The van der Waals surface area contributed by atoms with Gasteiger partial charge in [-0.05, 0) is 0 Å². The van der Waals surface area contributed by atoms with E-state index < -0.39 is 13.3 Å². The van der Waals surface area contributed by atoms with Crippen LogP contribution in [-0.4, -0.2) is 13.3 Å². The van der Waals surface area contributed by atoms with E-state index in [0.29, 0.717) is 0 Å². The van der Waals surface area contributed by atoms with E-state index in [1.165, 1.54) is 10.5 Å². The molecule has 1 aliphatic heterocycles. The Labute approximate surface area is 117 Å². The fraction of sp³-hybridized carbons (Fsp3) is 0.111. The molecule has 0 bridgehead atoms. The van der Waals surface area contributed by atoms with Crippen molar-refractivity contribution in [1.82, 2.24) is 0 Å². The minimum absolute atomic E-state index is 1.24. The molecule has 0 amide bonds. The summed E-state index contributed by atoms with van der Waals surface area (Å²) < 4.78 is 3.18. The van der Waals surface area contributed by atoms with Crippen LogP contribution in [0.5, 0.6) is 0 Å². The summed E-state index contributed by atoms with van der Waals surface area (Å²) in [5.41, 5.74) is 0. The van der Waals surface area contributed by atoms with Crippen LogP contribution in [0.2, 0.25) is 10.5 Å². The summed E-state index contributed by atoms with van der Waals surface area (Å²) in [5, 5.41) is 2.47. The first-order valence-corrected chi connectivity index (χ1v) is 11.9. The van der Waals surface area contributed by atoms with Crippen LogP contribution in [0.15, 0.2) is 85.0 Å². The Morgan fingerprint density at radius 2 is 1.00 bits per heavy atom. The number of hydrogen-bond donors (Lipinski definition) is 0. The number of rotatable bonds is 2. The molecule has 0 atom stereocenters. The summed E-state index contributed by atoms with van der Waals surface area (Å²) >= 11 is -2.27. The minimum atomic E-state index is -2.27. The predicted octanol–water partition coefficient (Wildman–Crippen LogP) is 3.38. The summed E-state index contributed by atoms with van der Waals surface area (Å²) in [6, 6.07) is 22.3. The molecule has 0 aliphatic carbocycles. The zero-order valence-corrected chi connectivity index (χ0v) is 13.1. The molecule has 0 saturated carbocycles. The number of allylic oxidation sites excluding steroid dienone is 4. The first-order valence-electron chi connectivity index (χ1n) is 6.84. The molecule has 0 spiro atoms. The van der Waals surface area contributed by atoms with Gasteiger partial charge in [-0.15, -0.1) is 0 Å². The molecule has 0 saturated heterocycles. The Bertz CT molecular complexity index is 526. The van der Waals surface area contributed by atoms with Crippen LogP contribution in [0, 0.1) is 0 Å². The van der Waals surface area contributed by atoms with Crippen LogP contribution >= 0.6 is 0 Å². The Morgan fingerprint density at radius 3 is 1.42 bits per heavy atom. The number of benzene rings is 2. The van der Waals surface area contributed by atoms with Gasteiger partial charge in [0.15, 0.2) is 0 Å². The van der Waals surface area contributed by atoms with Crippen molar-refractivity contribution in [3.05, 3.63) is 85.0 Å². The summed E-state index contributed by atoms with van der Waals surface area (Å²) in [6.45, 7) is 0. The molecule has 0 aromatic heterocycles. The Balaban J connectivity index is 2.16. The third-order valence-corrected chi connectivity index (χ3v) is 13.9. The van der Waals surface area contributed by atoms with Crippen molar-refractivity contribution < 1.29 is 0 Å². The van der Waals surface area contributed by atoms with Gasteiger partial charge in [-0.25, -0.2) is 0 Å². The second-order valence-corrected chi connectivity index (χ2v) is 13.8. The third kappa shape index (κ3) is 2.45. The van der Waals surface area contributed by atoms with E-state index in [1.807, 2.05) is 0 Å². The second kappa shape index (κ2) is 5.62. The summed E-state index contributed by atoms with van der Waals surface area (Å²) in [6.07, 6.45) is 9.14. The maximum atomic E-state index is 2.36. The standard InChI is InChI=1S/C18H18Ge/c1-2-10-16-19(15-9-1,17-11-5-3-6-12-17)18-13-7-4-8-14-18/h1-14H,15-16H2. The van der Waals surface area contributed by atoms with Gasteiger partial charge in [0.2, 0.25) is 0 Å². The maximum absolute atomic E-state index is 2.36. The van der Waals surface area contributed by atoms with E-state index in [2.05, 4.69) is 85.0 Å². The molecular formula is C18H18Ge. The normalized spacial score (nSPS) is 17.1. The van der Waals surface area contributed by atoms with Crippen molar-refractivity contribution >= 4 is 22.1 Å². The topological polar surface area (TPSA) is 0 Å². The molecule has 94 valence electrons. The van der Waals surface area contributed by atoms with Gasteiger partial charge >= 0.3 is 118 Å². The third-order valence-electron chi connectivity index (χ3n) is 3.97. The Kier molecular flexibility index (Phi) is 3.70. The van der Waals surface area contributed by atoms with Gasteiger partial charge in [-0.3, -0.25) is 0 Å². The van der Waals surface area contributed by atoms with Crippen LogP contribution in [0.4, 0.5) is 0 Å². The van der Waals surface area contributed by atoms with Gasteiger partial charge in [0.05, 0.1) is 0 Å². The van der Waals surface area contributed by atoms with Gasteiger partial charge in [-0.1, -0.05) is 0 Å². The fourth-order valence-corrected chi connectivity index (χ4v) is 11.7. The van der Waals surface area contributed by atoms with Crippen molar-refractivity contribution in [3.63, 3.8) is 0 Å². The van der Waals surface area contributed by atoms with Gasteiger partial charge in [0.1, 0.15) is 0 Å². The van der Waals surface area contributed by atoms with Crippen molar-refractivity contribution in [2.75, 3.05) is 0 Å². The molecule has 1 aliphatic rings. The van der Waals surface area contributed by atoms with E-state index in [9.17, 15) is 0 Å². The quantitative estimate of drug-likeness (QED) is 0.746. The van der Waals surface area contributed by atoms with E-state index in [1.54, 1.807) is 8.79 Å². The first kappa shape index (κ1) is 12.5. The van der Waals surface area contributed by atoms with Crippen LogP contribution < -0.4 is 8.79 Å². The van der Waals surface area contributed by atoms with Crippen molar-refractivity contribution in [2.24, 2.45) is 0 Å². The van der Waals surface area contributed by atoms with E-state index in [4.69, 9.17) is 0 Å². The molecule has 0 radical (unpaired) electrons. The summed E-state index contributed by atoms with van der Waals surface area (Å²) in [7, 11) is 0. The zero-order valence-electron chi connectivity index (χ0n) is 11.0. The monoisotopic (exact) mass is 308 g/mol. The van der Waals surface area contributed by atoms with Crippen LogP contribution in [0.1, 0.15) is 0 Å². The molecular weight excluding hydrogens is 289 g/mol. The molecule has 3 rings (SSSR count). The van der Waals surface area contributed by atoms with E-state index in [-0.39, 0.29) is 0 Å². The zero-order chi connectivity index (χ0) is 13.0. The number of hydrogen-bond acceptors (Lipinski definition) is 0. The van der Waals surface area contributed by atoms with Gasteiger partial charge in [-0.2, -0.15) is 0 Å². The fourth-order valence-electron chi connectivity index (χ4n) is 2.93. The molecule has 0 N–H and O–H groups in total. The second-order valence-electron chi connectivity index (χ2n) is 5.08. The Morgan fingerprint density at radius 1 is 0.579 bits per heavy atom. The SMILES string of the molecule is C1=C[CH2][Ge]([c]2ccccc2)([c]2ccccc2)[CH2]C=C1. The summed E-state index contributed by atoms with van der Waals surface area (Å²) in [4.78, 5) is 0. The average Bonchev–Trinajstić information content (AvgIpc) is 2.76. The van der Waals surface area contributed by atoms with Crippen molar-refractivity contribution in [2.45, 2.75) is 10.5 Å². The van der Waals surface area contributed by atoms with Gasteiger partial charge < -0.3 is 0 Å². The molecule has 19 heavy (non-hydrogen) atoms. The Hall–Kier alpha value is -1.54. The average molecular weight is 307 g/mol.